The van der Waals surface area contributed by atoms with E-state index >= 15 is 0 Å². The van der Waals surface area contributed by atoms with Crippen LogP contribution in [0.4, 0.5) is 22.9 Å². The first kappa shape index (κ1) is 43.3. The van der Waals surface area contributed by atoms with Crippen molar-refractivity contribution < 1.29 is 14.5 Å². The molecule has 1 amide bonds. The van der Waals surface area contributed by atoms with Crippen molar-refractivity contribution in [3.63, 3.8) is 0 Å². The number of hydrogen-bond donors (Lipinski definition) is 3. The van der Waals surface area contributed by atoms with Crippen molar-refractivity contribution in [3.8, 4) is 11.5 Å². The highest BCUT2D eigenvalue weighted by atomic mass is 35.5. The van der Waals surface area contributed by atoms with Crippen molar-refractivity contribution in [1.29, 1.82) is 0 Å². The van der Waals surface area contributed by atoms with Crippen molar-refractivity contribution in [2.24, 2.45) is 5.41 Å². The molecule has 0 saturated carbocycles. The maximum Gasteiger partial charge on any atom is 0.293 e. The number of nitrogens with zero attached hydrogens (tertiary/aromatic N) is 4. The number of aryl methyl sites for hydroxylation is 1. The highest BCUT2D eigenvalue weighted by Gasteiger charge is 2.28. The number of pyridine rings is 1. The zero-order valence-corrected chi connectivity index (χ0v) is 35.6. The van der Waals surface area contributed by atoms with Crippen LogP contribution in [-0.4, -0.2) is 65.9 Å². The number of amides is 1. The number of rotatable bonds is 16. The summed E-state index contributed by atoms with van der Waals surface area (Å²) in [6.07, 6.45) is 15.0. The maximum absolute atomic E-state index is 13.8. The average Bonchev–Trinajstić information content (AvgIpc) is 3.34. The number of aromatic nitrogens is 1. The third-order valence-corrected chi connectivity index (χ3v) is 11.4. The van der Waals surface area contributed by atoms with Gasteiger partial charge in [0, 0.05) is 67.9 Å². The Bertz CT molecular complexity index is 2020. The number of nitro groups is 1. The fourth-order valence-electron chi connectivity index (χ4n) is 7.39. The molecule has 57 heavy (non-hydrogen) atoms. The van der Waals surface area contributed by atoms with Crippen molar-refractivity contribution in [2.75, 3.05) is 55.3 Å². The van der Waals surface area contributed by atoms with Gasteiger partial charge in [-0.2, -0.15) is 0 Å². The van der Waals surface area contributed by atoms with E-state index in [1.54, 1.807) is 37.6 Å². The van der Waals surface area contributed by atoms with E-state index in [-0.39, 0.29) is 16.5 Å². The van der Waals surface area contributed by atoms with Crippen LogP contribution in [0.15, 0.2) is 101 Å². The summed E-state index contributed by atoms with van der Waals surface area (Å²) < 4.78 is 9.31. The summed E-state index contributed by atoms with van der Waals surface area (Å²) in [7, 11) is 1.63. The van der Waals surface area contributed by atoms with Crippen LogP contribution in [0.5, 0.6) is 11.5 Å². The van der Waals surface area contributed by atoms with E-state index < -0.39 is 10.8 Å². The Morgan fingerprint density at radius 1 is 1.18 bits per heavy atom. The average molecular weight is 814 g/mol. The molecule has 13 heteroatoms. The molecule has 1 fully saturated rings. The van der Waals surface area contributed by atoms with Gasteiger partial charge in [0.2, 0.25) is 0 Å². The summed E-state index contributed by atoms with van der Waals surface area (Å²) in [5.74, 6) is 1.17. The largest absolute Gasteiger partial charge is 0.455 e. The van der Waals surface area contributed by atoms with Gasteiger partial charge in [0.15, 0.2) is 0 Å². The molecule has 5 rings (SSSR count). The number of benzene rings is 2. The molecule has 1 aliphatic carbocycles. The Morgan fingerprint density at radius 3 is 2.61 bits per heavy atom. The minimum atomic E-state index is -0.453. The van der Waals surface area contributed by atoms with Gasteiger partial charge in [0.1, 0.15) is 23.0 Å². The molecule has 3 N–H and O–H groups in total. The molecule has 0 spiro atoms. The van der Waals surface area contributed by atoms with E-state index in [4.69, 9.17) is 16.3 Å². The Hall–Kier alpha value is -4.78. The SMILES string of the molecule is C=CNc1ncc(Oc2cc(N3CCN(CC4=C(C(/C=C\C(C)Cl)=C/C)CC(C)(C)CCC4)CC3)ccc2C(=O)NSc2ccc(NC)c([N+](=O)[O-])c2)cc1CC. The second kappa shape index (κ2) is 20.1. The Kier molecular flexibility index (Phi) is 15.3. The minimum Gasteiger partial charge on any atom is -0.455 e. The fourth-order valence-corrected chi connectivity index (χ4v) is 8.09. The molecular formula is C44H56ClN7O4S. The van der Waals surface area contributed by atoms with Gasteiger partial charge in [-0.25, -0.2) is 4.98 Å². The number of hydrogen-bond acceptors (Lipinski definition) is 10. The number of nitro benzene ring substituents is 1. The molecule has 1 saturated heterocycles. The number of anilines is 3. The highest BCUT2D eigenvalue weighted by Crippen LogP contribution is 2.41. The van der Waals surface area contributed by atoms with E-state index in [1.165, 1.54) is 35.6 Å². The van der Waals surface area contributed by atoms with Crippen LogP contribution >= 0.6 is 23.5 Å². The number of halogens is 1. The van der Waals surface area contributed by atoms with Crippen LogP contribution < -0.4 is 25.0 Å². The van der Waals surface area contributed by atoms with Gasteiger partial charge in [-0.15, -0.1) is 11.6 Å². The smallest absolute Gasteiger partial charge is 0.293 e. The van der Waals surface area contributed by atoms with E-state index in [1.807, 2.05) is 32.0 Å². The lowest BCUT2D eigenvalue weighted by Crippen LogP contribution is -2.47. The number of alkyl halides is 1. The van der Waals surface area contributed by atoms with Gasteiger partial charge in [0.25, 0.3) is 11.6 Å². The second-order valence-electron chi connectivity index (χ2n) is 15.2. The summed E-state index contributed by atoms with van der Waals surface area (Å²) in [6, 6.07) is 12.3. The van der Waals surface area contributed by atoms with E-state index in [9.17, 15) is 14.9 Å². The summed E-state index contributed by atoms with van der Waals surface area (Å²) in [5, 5.41) is 17.5. The molecule has 1 aromatic heterocycles. The number of carbonyl (C=O) groups is 1. The van der Waals surface area contributed by atoms with Gasteiger partial charge >= 0.3 is 0 Å². The van der Waals surface area contributed by atoms with Crippen LogP contribution in [0.3, 0.4) is 0 Å². The topological polar surface area (TPSA) is 125 Å². The van der Waals surface area contributed by atoms with Crippen LogP contribution in [-0.2, 0) is 6.42 Å². The lowest BCUT2D eigenvalue weighted by atomic mass is 9.81. The summed E-state index contributed by atoms with van der Waals surface area (Å²) in [4.78, 5) is 34.9. The predicted molar refractivity (Wildman–Crippen MR) is 236 cm³/mol. The van der Waals surface area contributed by atoms with Crippen molar-refractivity contribution in [2.45, 2.75) is 77.0 Å². The molecule has 0 radical (unpaired) electrons. The van der Waals surface area contributed by atoms with Crippen molar-refractivity contribution in [3.05, 3.63) is 118 Å². The van der Waals surface area contributed by atoms with Gasteiger partial charge in [-0.05, 0) is 117 Å². The van der Waals surface area contributed by atoms with Gasteiger partial charge < -0.3 is 20.3 Å². The number of carbonyl (C=O) groups excluding carboxylic acids is 1. The normalized spacial score (nSPS) is 16.9. The van der Waals surface area contributed by atoms with E-state index in [0.29, 0.717) is 39.9 Å². The number of allylic oxidation sites excluding steroid dienone is 5. The summed E-state index contributed by atoms with van der Waals surface area (Å²) in [5.41, 5.74) is 7.04. The summed E-state index contributed by atoms with van der Waals surface area (Å²) in [6.45, 7) is 19.0. The van der Waals surface area contributed by atoms with Crippen LogP contribution in [0.1, 0.15) is 76.2 Å². The maximum atomic E-state index is 13.8. The molecule has 0 bridgehead atoms. The number of piperazine rings is 1. The number of nitrogens with one attached hydrogen (secondary N) is 3. The molecule has 2 aromatic carbocycles. The highest BCUT2D eigenvalue weighted by molar-refractivity contribution is 7.98. The number of ether oxygens (including phenoxy) is 1. The third kappa shape index (κ3) is 11.6. The van der Waals surface area contributed by atoms with E-state index in [0.717, 1.165) is 68.8 Å². The minimum absolute atomic E-state index is 0.0256. The summed E-state index contributed by atoms with van der Waals surface area (Å²) >= 11 is 7.33. The predicted octanol–water partition coefficient (Wildman–Crippen LogP) is 10.5. The first-order chi connectivity index (χ1) is 27.3. The van der Waals surface area contributed by atoms with Crippen LogP contribution in [0.2, 0.25) is 0 Å². The Morgan fingerprint density at radius 2 is 1.95 bits per heavy atom. The van der Waals surface area contributed by atoms with Gasteiger partial charge in [-0.3, -0.25) is 24.5 Å². The lowest BCUT2D eigenvalue weighted by Gasteiger charge is -2.37. The van der Waals surface area contributed by atoms with Crippen molar-refractivity contribution >= 4 is 52.3 Å². The monoisotopic (exact) mass is 813 g/mol. The second-order valence-corrected chi connectivity index (χ2v) is 16.8. The Labute approximate surface area is 347 Å². The molecule has 304 valence electrons. The zero-order valence-electron chi connectivity index (χ0n) is 34.0. The molecule has 2 aliphatic rings. The first-order valence-corrected chi connectivity index (χ1v) is 20.9. The molecule has 1 atom stereocenters. The third-order valence-electron chi connectivity index (χ3n) is 10.5. The van der Waals surface area contributed by atoms with Crippen LogP contribution in [0, 0.1) is 15.5 Å². The van der Waals surface area contributed by atoms with Crippen LogP contribution in [0.25, 0.3) is 0 Å². The quantitative estimate of drug-likeness (QED) is 0.0423. The molecular weight excluding hydrogens is 758 g/mol. The Balaban J connectivity index is 1.37. The molecule has 2 heterocycles. The molecule has 1 aliphatic heterocycles. The van der Waals surface area contributed by atoms with Gasteiger partial charge in [0.05, 0.1) is 16.7 Å². The molecule has 11 nitrogen and oxygen atoms in total. The van der Waals surface area contributed by atoms with Gasteiger partial charge in [-0.1, -0.05) is 51.2 Å². The van der Waals surface area contributed by atoms with Crippen molar-refractivity contribution in [1.82, 2.24) is 14.6 Å². The van der Waals surface area contributed by atoms with E-state index in [2.05, 4.69) is 75.7 Å². The molecule has 3 aromatic rings. The zero-order chi connectivity index (χ0) is 41.1. The first-order valence-electron chi connectivity index (χ1n) is 19.6. The fraction of sp³-hybridized carbons (Fsp3) is 0.409. The molecule has 1 unspecified atom stereocenters. The lowest BCUT2D eigenvalue weighted by molar-refractivity contribution is -0.384. The standard InChI is InChI=1S/C44H56ClN7O4S/c1-8-31(14-13-30(4)45)38-27-44(5,6)19-11-12-33(38)29-50-20-22-51(23-21-50)34-15-17-37(41(25-34)56-35-24-32(9-2)42(47-10-3)48-28-35)43(53)49-57-36-16-18-39(46-7)40(26-36)52(54)55/h8,10,13-18,24-26,28,30,46H,3,9,11-12,19-23,27,29H2,1-2,4-7H3,(H,47,48)(H,49,53)/b14-13-,31-8+.